The molecule has 1 aromatic rings. The molecule has 2 heterocycles. The first-order valence-corrected chi connectivity index (χ1v) is 6.64. The third kappa shape index (κ3) is 3.83. The van der Waals surface area contributed by atoms with Gasteiger partial charge in [-0.15, -0.1) is 0 Å². The molecule has 0 aromatic carbocycles. The normalized spacial score (nSPS) is 16.8. The number of morpholine rings is 1. The zero-order chi connectivity index (χ0) is 13.7. The van der Waals surface area contributed by atoms with Crippen LogP contribution in [0.3, 0.4) is 0 Å². The molecule has 1 N–H and O–H groups in total. The molecule has 19 heavy (non-hydrogen) atoms. The molecule has 0 amide bonds. The zero-order valence-electron chi connectivity index (χ0n) is 11.5. The highest BCUT2D eigenvalue weighted by Crippen LogP contribution is 2.19. The number of nitrogens with zero attached hydrogens (tertiary/aromatic N) is 3. The van der Waals surface area contributed by atoms with E-state index in [2.05, 4.69) is 34.3 Å². The SMILES string of the molecule is Cc1cc(NC(C)CC#N)nc(N2CCOCC2)c1. The predicted octanol–water partition coefficient (Wildman–Crippen LogP) is 1.94. The first-order chi connectivity index (χ1) is 9.19. The molecule has 5 nitrogen and oxygen atoms in total. The van der Waals surface area contributed by atoms with E-state index in [9.17, 15) is 0 Å². The van der Waals surface area contributed by atoms with Gasteiger partial charge in [0.2, 0.25) is 0 Å². The van der Waals surface area contributed by atoms with Crippen molar-refractivity contribution in [1.82, 2.24) is 4.98 Å². The number of rotatable bonds is 4. The summed E-state index contributed by atoms with van der Waals surface area (Å²) >= 11 is 0. The Morgan fingerprint density at radius 1 is 1.47 bits per heavy atom. The molecule has 1 atom stereocenters. The molecule has 0 bridgehead atoms. The van der Waals surface area contributed by atoms with E-state index in [-0.39, 0.29) is 6.04 Å². The Morgan fingerprint density at radius 2 is 2.21 bits per heavy atom. The number of aryl methyl sites for hydroxylation is 1. The van der Waals surface area contributed by atoms with E-state index in [1.807, 2.05) is 13.0 Å². The monoisotopic (exact) mass is 260 g/mol. The molecular formula is C14H20N4O. The van der Waals surface area contributed by atoms with Gasteiger partial charge in [-0.3, -0.25) is 0 Å². The fraction of sp³-hybridized carbons (Fsp3) is 0.571. The fourth-order valence-corrected chi connectivity index (χ4v) is 2.12. The highest BCUT2D eigenvalue weighted by molar-refractivity contribution is 5.50. The van der Waals surface area contributed by atoms with E-state index in [0.29, 0.717) is 6.42 Å². The van der Waals surface area contributed by atoms with Crippen LogP contribution in [0.1, 0.15) is 18.9 Å². The minimum atomic E-state index is 0.108. The van der Waals surface area contributed by atoms with Crippen LogP contribution in [-0.4, -0.2) is 37.3 Å². The lowest BCUT2D eigenvalue weighted by atomic mass is 10.2. The highest BCUT2D eigenvalue weighted by atomic mass is 16.5. The Labute approximate surface area is 114 Å². The molecular weight excluding hydrogens is 240 g/mol. The first kappa shape index (κ1) is 13.6. The number of pyridine rings is 1. The zero-order valence-corrected chi connectivity index (χ0v) is 11.5. The summed E-state index contributed by atoms with van der Waals surface area (Å²) in [7, 11) is 0. The summed E-state index contributed by atoms with van der Waals surface area (Å²) in [5.41, 5.74) is 1.17. The van der Waals surface area contributed by atoms with E-state index in [4.69, 9.17) is 10.00 Å². The van der Waals surface area contributed by atoms with Crippen LogP contribution in [-0.2, 0) is 4.74 Å². The average molecular weight is 260 g/mol. The summed E-state index contributed by atoms with van der Waals surface area (Å²) < 4.78 is 5.36. The van der Waals surface area contributed by atoms with Crippen molar-refractivity contribution in [2.45, 2.75) is 26.3 Å². The van der Waals surface area contributed by atoms with Crippen molar-refractivity contribution in [1.29, 1.82) is 5.26 Å². The Bertz CT molecular complexity index is 463. The van der Waals surface area contributed by atoms with Gasteiger partial charge in [-0.1, -0.05) is 0 Å². The van der Waals surface area contributed by atoms with Crippen molar-refractivity contribution >= 4 is 11.6 Å². The number of hydrogen-bond acceptors (Lipinski definition) is 5. The Balaban J connectivity index is 2.12. The van der Waals surface area contributed by atoms with Crippen molar-refractivity contribution in [3.8, 4) is 6.07 Å². The van der Waals surface area contributed by atoms with Gasteiger partial charge in [0.05, 0.1) is 25.7 Å². The average Bonchev–Trinajstić information content (AvgIpc) is 2.39. The van der Waals surface area contributed by atoms with E-state index in [0.717, 1.165) is 37.9 Å². The van der Waals surface area contributed by atoms with Gasteiger partial charge in [0.25, 0.3) is 0 Å². The van der Waals surface area contributed by atoms with Gasteiger partial charge < -0.3 is 15.0 Å². The van der Waals surface area contributed by atoms with Crippen molar-refractivity contribution < 1.29 is 4.74 Å². The minimum absolute atomic E-state index is 0.108. The number of ether oxygens (including phenoxy) is 1. The third-order valence-corrected chi connectivity index (χ3v) is 3.08. The summed E-state index contributed by atoms with van der Waals surface area (Å²) in [4.78, 5) is 6.86. The van der Waals surface area contributed by atoms with E-state index >= 15 is 0 Å². The van der Waals surface area contributed by atoms with Gasteiger partial charge >= 0.3 is 0 Å². The molecule has 1 aliphatic rings. The van der Waals surface area contributed by atoms with E-state index in [1.165, 1.54) is 5.56 Å². The summed E-state index contributed by atoms with van der Waals surface area (Å²) in [5, 5.41) is 12.0. The second-order valence-corrected chi connectivity index (χ2v) is 4.89. The number of aromatic nitrogens is 1. The molecule has 5 heteroatoms. The van der Waals surface area contributed by atoms with Crippen molar-refractivity contribution in [2.24, 2.45) is 0 Å². The number of nitrogens with one attached hydrogen (secondary N) is 1. The molecule has 1 unspecified atom stereocenters. The topological polar surface area (TPSA) is 61.2 Å². The van der Waals surface area contributed by atoms with Crippen LogP contribution in [0.4, 0.5) is 11.6 Å². The van der Waals surface area contributed by atoms with Gasteiger partial charge in [0.1, 0.15) is 11.6 Å². The molecule has 102 valence electrons. The summed E-state index contributed by atoms with van der Waals surface area (Å²) in [5.74, 6) is 1.82. The van der Waals surface area contributed by atoms with Gasteiger partial charge in [0, 0.05) is 19.1 Å². The van der Waals surface area contributed by atoms with Crippen molar-refractivity contribution in [2.75, 3.05) is 36.5 Å². The number of hydrogen-bond donors (Lipinski definition) is 1. The smallest absolute Gasteiger partial charge is 0.131 e. The maximum atomic E-state index is 8.70. The summed E-state index contributed by atoms with van der Waals surface area (Å²) in [6, 6.07) is 6.37. The molecule has 0 radical (unpaired) electrons. The lowest BCUT2D eigenvalue weighted by Gasteiger charge is -2.28. The molecule has 2 rings (SSSR count). The summed E-state index contributed by atoms with van der Waals surface area (Å²) in [6.07, 6.45) is 0.475. The van der Waals surface area contributed by atoms with Crippen molar-refractivity contribution in [3.63, 3.8) is 0 Å². The van der Waals surface area contributed by atoms with Crippen LogP contribution in [0, 0.1) is 18.3 Å². The van der Waals surface area contributed by atoms with Gasteiger partial charge in [-0.2, -0.15) is 5.26 Å². The molecule has 1 fully saturated rings. The minimum Gasteiger partial charge on any atom is -0.378 e. The number of anilines is 2. The van der Waals surface area contributed by atoms with E-state index in [1.54, 1.807) is 0 Å². The van der Waals surface area contributed by atoms with Gasteiger partial charge in [0.15, 0.2) is 0 Å². The molecule has 1 aliphatic heterocycles. The van der Waals surface area contributed by atoms with Crippen LogP contribution >= 0.6 is 0 Å². The third-order valence-electron chi connectivity index (χ3n) is 3.08. The van der Waals surface area contributed by atoms with Gasteiger partial charge in [-0.25, -0.2) is 4.98 Å². The maximum Gasteiger partial charge on any atom is 0.131 e. The van der Waals surface area contributed by atoms with Crippen molar-refractivity contribution in [3.05, 3.63) is 17.7 Å². The Hall–Kier alpha value is -1.80. The standard InChI is InChI=1S/C14H20N4O/c1-11-9-13(16-12(2)3-4-15)17-14(10-11)18-5-7-19-8-6-18/h9-10,12H,3,5-8H2,1-2H3,(H,16,17). The number of nitriles is 1. The predicted molar refractivity (Wildman–Crippen MR) is 75.3 cm³/mol. The molecule has 1 saturated heterocycles. The van der Waals surface area contributed by atoms with Crippen LogP contribution < -0.4 is 10.2 Å². The largest absolute Gasteiger partial charge is 0.378 e. The second-order valence-electron chi connectivity index (χ2n) is 4.89. The lowest BCUT2D eigenvalue weighted by molar-refractivity contribution is 0.122. The van der Waals surface area contributed by atoms with Crippen LogP contribution in [0.5, 0.6) is 0 Å². The summed E-state index contributed by atoms with van der Waals surface area (Å²) in [6.45, 7) is 7.31. The maximum absolute atomic E-state index is 8.70. The van der Waals surface area contributed by atoms with Crippen LogP contribution in [0.25, 0.3) is 0 Å². The highest BCUT2D eigenvalue weighted by Gasteiger charge is 2.14. The Morgan fingerprint density at radius 3 is 2.89 bits per heavy atom. The molecule has 0 spiro atoms. The van der Waals surface area contributed by atoms with Gasteiger partial charge in [-0.05, 0) is 31.5 Å². The quantitative estimate of drug-likeness (QED) is 0.896. The Kier molecular flexibility index (Phi) is 4.58. The lowest BCUT2D eigenvalue weighted by Crippen LogP contribution is -2.36. The fourth-order valence-electron chi connectivity index (χ4n) is 2.12. The first-order valence-electron chi connectivity index (χ1n) is 6.64. The molecule has 0 aliphatic carbocycles. The second kappa shape index (κ2) is 6.39. The van der Waals surface area contributed by atoms with Crippen LogP contribution in [0.15, 0.2) is 12.1 Å². The van der Waals surface area contributed by atoms with E-state index < -0.39 is 0 Å². The molecule has 0 saturated carbocycles. The molecule has 1 aromatic heterocycles. The van der Waals surface area contributed by atoms with Crippen LogP contribution in [0.2, 0.25) is 0 Å².